The summed E-state index contributed by atoms with van der Waals surface area (Å²) in [6.45, 7) is 8.28. The highest BCUT2D eigenvalue weighted by Gasteiger charge is 2.09. The predicted molar refractivity (Wildman–Crippen MR) is 81.4 cm³/mol. The Morgan fingerprint density at radius 1 is 1.05 bits per heavy atom. The highest BCUT2D eigenvalue weighted by molar-refractivity contribution is 5.79. The van der Waals surface area contributed by atoms with E-state index in [2.05, 4.69) is 31.5 Å². The molecule has 1 aromatic heterocycles. The van der Waals surface area contributed by atoms with Gasteiger partial charge in [0.2, 0.25) is 5.88 Å². The first-order valence-electron chi connectivity index (χ1n) is 6.41. The van der Waals surface area contributed by atoms with Crippen LogP contribution < -0.4 is 9.47 Å². The van der Waals surface area contributed by atoms with E-state index in [1.54, 1.807) is 20.4 Å². The van der Waals surface area contributed by atoms with Gasteiger partial charge in [0, 0.05) is 17.8 Å². The molecule has 0 atom stereocenters. The third-order valence-electron chi connectivity index (χ3n) is 3.48. The van der Waals surface area contributed by atoms with Crippen LogP contribution in [0, 0.1) is 13.8 Å². The molecule has 0 saturated heterocycles. The lowest BCUT2D eigenvalue weighted by atomic mass is 9.96. The predicted octanol–water partition coefficient (Wildman–Crippen LogP) is 3.78. The molecular formula is C17H19NO2. The van der Waals surface area contributed by atoms with E-state index in [9.17, 15) is 0 Å². The molecule has 1 heterocycles. The van der Waals surface area contributed by atoms with Crippen LogP contribution >= 0.6 is 0 Å². The SMILES string of the molecule is C=C(c1ccc(OC)nc1)c1cc(C)c(C)c(OC)c1. The van der Waals surface area contributed by atoms with Gasteiger partial charge in [-0.15, -0.1) is 0 Å². The zero-order chi connectivity index (χ0) is 14.7. The number of ether oxygens (including phenoxy) is 2. The minimum atomic E-state index is 0.596. The van der Waals surface area contributed by atoms with E-state index in [0.717, 1.165) is 28.0 Å². The van der Waals surface area contributed by atoms with E-state index in [1.807, 2.05) is 18.2 Å². The number of nitrogens with zero attached hydrogens (tertiary/aromatic N) is 1. The molecular weight excluding hydrogens is 250 g/mol. The third-order valence-corrected chi connectivity index (χ3v) is 3.48. The van der Waals surface area contributed by atoms with Crippen LogP contribution in [0.15, 0.2) is 37.0 Å². The summed E-state index contributed by atoms with van der Waals surface area (Å²) >= 11 is 0. The second-order valence-electron chi connectivity index (χ2n) is 4.69. The molecule has 0 amide bonds. The minimum absolute atomic E-state index is 0.596. The van der Waals surface area contributed by atoms with Crippen LogP contribution in [-0.2, 0) is 0 Å². The molecule has 104 valence electrons. The van der Waals surface area contributed by atoms with Gasteiger partial charge in [-0.3, -0.25) is 0 Å². The monoisotopic (exact) mass is 269 g/mol. The Hall–Kier alpha value is -2.29. The summed E-state index contributed by atoms with van der Waals surface area (Å²) < 4.78 is 10.5. The van der Waals surface area contributed by atoms with Crippen molar-refractivity contribution in [1.29, 1.82) is 0 Å². The third kappa shape index (κ3) is 2.67. The number of hydrogen-bond donors (Lipinski definition) is 0. The Bertz CT molecular complexity index is 630. The van der Waals surface area contributed by atoms with Crippen LogP contribution in [0.5, 0.6) is 11.6 Å². The van der Waals surface area contributed by atoms with Crippen molar-refractivity contribution in [1.82, 2.24) is 4.98 Å². The summed E-state index contributed by atoms with van der Waals surface area (Å²) in [5, 5.41) is 0. The van der Waals surface area contributed by atoms with Crippen molar-refractivity contribution < 1.29 is 9.47 Å². The van der Waals surface area contributed by atoms with Gasteiger partial charge in [0.25, 0.3) is 0 Å². The van der Waals surface area contributed by atoms with E-state index in [1.165, 1.54) is 5.56 Å². The molecule has 0 N–H and O–H groups in total. The lowest BCUT2D eigenvalue weighted by Gasteiger charge is -2.13. The van der Waals surface area contributed by atoms with Crippen molar-refractivity contribution >= 4 is 5.57 Å². The Labute approximate surface area is 119 Å². The highest BCUT2D eigenvalue weighted by Crippen LogP contribution is 2.29. The first-order valence-corrected chi connectivity index (χ1v) is 6.41. The summed E-state index contributed by atoms with van der Waals surface area (Å²) in [4.78, 5) is 4.21. The van der Waals surface area contributed by atoms with Gasteiger partial charge in [0.05, 0.1) is 14.2 Å². The molecule has 0 spiro atoms. The van der Waals surface area contributed by atoms with Gasteiger partial charge in [-0.1, -0.05) is 12.6 Å². The first kappa shape index (κ1) is 14.1. The Morgan fingerprint density at radius 3 is 2.35 bits per heavy atom. The maximum absolute atomic E-state index is 5.41. The largest absolute Gasteiger partial charge is 0.496 e. The fourth-order valence-electron chi connectivity index (χ4n) is 2.06. The maximum Gasteiger partial charge on any atom is 0.212 e. The summed E-state index contributed by atoms with van der Waals surface area (Å²) in [7, 11) is 3.29. The van der Waals surface area contributed by atoms with Crippen LogP contribution in [-0.4, -0.2) is 19.2 Å². The molecule has 0 fully saturated rings. The topological polar surface area (TPSA) is 31.4 Å². The summed E-state index contributed by atoms with van der Waals surface area (Å²) in [5.41, 5.74) is 5.26. The highest BCUT2D eigenvalue weighted by atomic mass is 16.5. The smallest absolute Gasteiger partial charge is 0.212 e. The van der Waals surface area contributed by atoms with Crippen molar-refractivity contribution in [2.45, 2.75) is 13.8 Å². The molecule has 3 nitrogen and oxygen atoms in total. The van der Waals surface area contributed by atoms with E-state index in [4.69, 9.17) is 9.47 Å². The van der Waals surface area contributed by atoms with Crippen LogP contribution in [0.3, 0.4) is 0 Å². The summed E-state index contributed by atoms with van der Waals surface area (Å²) in [6.07, 6.45) is 1.77. The molecule has 0 aliphatic rings. The van der Waals surface area contributed by atoms with E-state index < -0.39 is 0 Å². The van der Waals surface area contributed by atoms with Crippen molar-refractivity contribution in [2.75, 3.05) is 14.2 Å². The normalized spacial score (nSPS) is 10.2. The number of aryl methyl sites for hydroxylation is 1. The lowest BCUT2D eigenvalue weighted by molar-refractivity contribution is 0.398. The maximum atomic E-state index is 5.41. The van der Waals surface area contributed by atoms with Gasteiger partial charge in [0.1, 0.15) is 5.75 Å². The van der Waals surface area contributed by atoms with Gasteiger partial charge in [-0.2, -0.15) is 0 Å². The first-order chi connectivity index (χ1) is 9.56. The average Bonchev–Trinajstić information content (AvgIpc) is 2.49. The number of methoxy groups -OCH3 is 2. The molecule has 2 rings (SSSR count). The number of rotatable bonds is 4. The number of aromatic nitrogens is 1. The van der Waals surface area contributed by atoms with E-state index in [-0.39, 0.29) is 0 Å². The number of benzene rings is 1. The summed E-state index contributed by atoms with van der Waals surface area (Å²) in [5.74, 6) is 1.47. The number of hydrogen-bond acceptors (Lipinski definition) is 3. The fraction of sp³-hybridized carbons (Fsp3) is 0.235. The van der Waals surface area contributed by atoms with Crippen LogP contribution in [0.2, 0.25) is 0 Å². The van der Waals surface area contributed by atoms with Crippen molar-refractivity contribution in [3.8, 4) is 11.6 Å². The molecule has 20 heavy (non-hydrogen) atoms. The average molecular weight is 269 g/mol. The minimum Gasteiger partial charge on any atom is -0.496 e. The molecule has 0 unspecified atom stereocenters. The summed E-state index contributed by atoms with van der Waals surface area (Å²) in [6, 6.07) is 7.91. The molecule has 0 aliphatic heterocycles. The number of pyridine rings is 1. The molecule has 0 aliphatic carbocycles. The molecule has 3 heteroatoms. The van der Waals surface area contributed by atoms with Crippen LogP contribution in [0.25, 0.3) is 5.57 Å². The van der Waals surface area contributed by atoms with Gasteiger partial charge >= 0.3 is 0 Å². The molecule has 1 aromatic carbocycles. The van der Waals surface area contributed by atoms with Crippen LogP contribution in [0.4, 0.5) is 0 Å². The van der Waals surface area contributed by atoms with E-state index in [0.29, 0.717) is 5.88 Å². The second-order valence-corrected chi connectivity index (χ2v) is 4.69. The Kier molecular flexibility index (Phi) is 4.08. The van der Waals surface area contributed by atoms with Gasteiger partial charge in [0.15, 0.2) is 0 Å². The standard InChI is InChI=1S/C17H19NO2/c1-11-8-15(9-16(19-4)12(11)2)13(3)14-6-7-17(20-5)18-10-14/h6-10H,3H2,1-2,4-5H3. The fourth-order valence-corrected chi connectivity index (χ4v) is 2.06. The molecule has 0 saturated carbocycles. The quantitative estimate of drug-likeness (QED) is 0.846. The van der Waals surface area contributed by atoms with Gasteiger partial charge in [-0.25, -0.2) is 4.98 Å². The second kappa shape index (κ2) is 5.78. The zero-order valence-electron chi connectivity index (χ0n) is 12.4. The Balaban J connectivity index is 2.39. The molecule has 2 aromatic rings. The molecule has 0 bridgehead atoms. The van der Waals surface area contributed by atoms with Crippen molar-refractivity contribution in [3.63, 3.8) is 0 Å². The zero-order valence-corrected chi connectivity index (χ0v) is 12.4. The van der Waals surface area contributed by atoms with Crippen molar-refractivity contribution in [3.05, 3.63) is 59.3 Å². The Morgan fingerprint density at radius 2 is 1.80 bits per heavy atom. The van der Waals surface area contributed by atoms with Crippen molar-refractivity contribution in [2.24, 2.45) is 0 Å². The van der Waals surface area contributed by atoms with Gasteiger partial charge in [-0.05, 0) is 48.2 Å². The lowest BCUT2D eigenvalue weighted by Crippen LogP contribution is -1.95. The van der Waals surface area contributed by atoms with Gasteiger partial charge < -0.3 is 9.47 Å². The molecule has 0 radical (unpaired) electrons. The van der Waals surface area contributed by atoms with Crippen LogP contribution in [0.1, 0.15) is 22.3 Å². The van der Waals surface area contributed by atoms with E-state index >= 15 is 0 Å².